The summed E-state index contributed by atoms with van der Waals surface area (Å²) in [5.74, 6) is -0.392. The van der Waals surface area contributed by atoms with E-state index in [-0.39, 0.29) is 41.1 Å². The lowest BCUT2D eigenvalue weighted by Gasteiger charge is -2.34. The fourth-order valence-corrected chi connectivity index (χ4v) is 6.18. The van der Waals surface area contributed by atoms with Crippen LogP contribution in [0.5, 0.6) is 0 Å². The molecule has 0 radical (unpaired) electrons. The molecule has 3 unspecified atom stereocenters. The smallest absolute Gasteiger partial charge is 0.253 e. The minimum absolute atomic E-state index is 0.0117. The Morgan fingerprint density at radius 1 is 1.29 bits per heavy atom. The van der Waals surface area contributed by atoms with Gasteiger partial charge >= 0.3 is 0 Å². The molecule has 3 N–H and O–H groups in total. The van der Waals surface area contributed by atoms with Crippen molar-refractivity contribution >= 4 is 34.5 Å². The summed E-state index contributed by atoms with van der Waals surface area (Å²) in [6.07, 6.45) is 2.53. The second kappa shape index (κ2) is 10.7. The van der Waals surface area contributed by atoms with Crippen LogP contribution >= 0.6 is 11.8 Å². The summed E-state index contributed by atoms with van der Waals surface area (Å²) in [5.41, 5.74) is 2.46. The first-order valence-corrected chi connectivity index (χ1v) is 13.3. The van der Waals surface area contributed by atoms with Crippen molar-refractivity contribution in [1.29, 1.82) is 0 Å². The van der Waals surface area contributed by atoms with Crippen molar-refractivity contribution in [2.24, 2.45) is 5.92 Å². The van der Waals surface area contributed by atoms with Crippen molar-refractivity contribution in [2.45, 2.75) is 56.9 Å². The number of nitrogens with zero attached hydrogens (tertiary/aromatic N) is 1. The van der Waals surface area contributed by atoms with Crippen LogP contribution in [0.4, 0.5) is 0 Å². The number of nitrogens with one attached hydrogen (secondary N) is 3. The van der Waals surface area contributed by atoms with Gasteiger partial charge in [0, 0.05) is 34.4 Å². The van der Waals surface area contributed by atoms with Crippen molar-refractivity contribution < 1.29 is 19.1 Å². The highest BCUT2D eigenvalue weighted by molar-refractivity contribution is 7.99. The number of benzene rings is 1. The van der Waals surface area contributed by atoms with Gasteiger partial charge in [-0.15, -0.1) is 0 Å². The van der Waals surface area contributed by atoms with E-state index in [0.717, 1.165) is 23.0 Å². The maximum absolute atomic E-state index is 13.4. The van der Waals surface area contributed by atoms with Gasteiger partial charge in [0.25, 0.3) is 5.91 Å². The van der Waals surface area contributed by atoms with Gasteiger partial charge in [-0.3, -0.25) is 9.59 Å². The lowest BCUT2D eigenvalue weighted by molar-refractivity contribution is -0.207. The number of aromatic nitrogens is 1. The van der Waals surface area contributed by atoms with Crippen molar-refractivity contribution in [3.8, 4) is 0 Å². The molecule has 8 nitrogen and oxygen atoms in total. The Hall–Kier alpha value is -2.07. The van der Waals surface area contributed by atoms with E-state index in [1.807, 2.05) is 51.4 Å². The number of ether oxygens (including phenoxy) is 2. The highest BCUT2D eigenvalue weighted by Crippen LogP contribution is 2.32. The van der Waals surface area contributed by atoms with Crippen LogP contribution in [0.25, 0.3) is 10.9 Å². The molecule has 4 rings (SSSR count). The van der Waals surface area contributed by atoms with Crippen LogP contribution in [0.2, 0.25) is 0 Å². The molecule has 34 heavy (non-hydrogen) atoms. The molecule has 2 aliphatic rings. The summed E-state index contributed by atoms with van der Waals surface area (Å²) in [7, 11) is 1.90. The Kier molecular flexibility index (Phi) is 7.87. The Balaban J connectivity index is 1.57. The van der Waals surface area contributed by atoms with E-state index >= 15 is 0 Å². The number of para-hydroxylation sites is 1. The van der Waals surface area contributed by atoms with Crippen LogP contribution in [0.15, 0.2) is 24.3 Å². The summed E-state index contributed by atoms with van der Waals surface area (Å²) in [4.78, 5) is 26.1. The molecule has 0 saturated carbocycles. The van der Waals surface area contributed by atoms with Gasteiger partial charge in [0.1, 0.15) is 0 Å². The van der Waals surface area contributed by atoms with E-state index in [2.05, 4.69) is 27.4 Å². The molecule has 1 aromatic carbocycles. The molecule has 2 saturated heterocycles. The summed E-state index contributed by atoms with van der Waals surface area (Å²) in [6.45, 7) is 7.52. The minimum Gasteiger partial charge on any atom is -0.353 e. The average molecular weight is 489 g/mol. The zero-order valence-electron chi connectivity index (χ0n) is 20.6. The Bertz CT molecular complexity index is 1030. The lowest BCUT2D eigenvalue weighted by Crippen LogP contribution is -2.52. The van der Waals surface area contributed by atoms with Gasteiger partial charge in [0.15, 0.2) is 6.29 Å². The average Bonchev–Trinajstić information content (AvgIpc) is 3.14. The summed E-state index contributed by atoms with van der Waals surface area (Å²) >= 11 is 1.69. The maximum Gasteiger partial charge on any atom is 0.253 e. The zero-order valence-corrected chi connectivity index (χ0v) is 21.4. The van der Waals surface area contributed by atoms with Crippen LogP contribution in [-0.4, -0.2) is 73.1 Å². The summed E-state index contributed by atoms with van der Waals surface area (Å²) in [6, 6.07) is 8.13. The third kappa shape index (κ3) is 4.84. The molecule has 3 heterocycles. The summed E-state index contributed by atoms with van der Waals surface area (Å²) < 4.78 is 14.1. The second-order valence-electron chi connectivity index (χ2n) is 9.34. The number of carbonyl (C=O) groups excluding carboxylic acids is 2. The van der Waals surface area contributed by atoms with Crippen molar-refractivity contribution in [1.82, 2.24) is 20.5 Å². The van der Waals surface area contributed by atoms with Crippen LogP contribution in [0.1, 0.15) is 42.4 Å². The predicted molar refractivity (Wildman–Crippen MR) is 135 cm³/mol. The molecule has 2 fully saturated rings. The first-order valence-electron chi connectivity index (χ1n) is 12.0. The first-order chi connectivity index (χ1) is 16.3. The molecule has 1 aromatic heterocycles. The number of amides is 2. The minimum atomic E-state index is -0.398. The SMILES string of the molecule is CNC1COC([C@@H](C)n2c(C)c(C(=O)NCC3C(=O)NC(C)CC3SC)c3ccccc32)OC1. The largest absolute Gasteiger partial charge is 0.353 e. The zero-order chi connectivity index (χ0) is 24.4. The predicted octanol–water partition coefficient (Wildman–Crippen LogP) is 2.46. The highest BCUT2D eigenvalue weighted by atomic mass is 32.2. The Labute approximate surface area is 205 Å². The Morgan fingerprint density at radius 3 is 2.68 bits per heavy atom. The van der Waals surface area contributed by atoms with Gasteiger partial charge in [-0.25, -0.2) is 0 Å². The summed E-state index contributed by atoms with van der Waals surface area (Å²) in [5, 5.41) is 10.3. The van der Waals surface area contributed by atoms with Crippen molar-refractivity contribution in [3.63, 3.8) is 0 Å². The topological polar surface area (TPSA) is 93.6 Å². The monoisotopic (exact) mass is 488 g/mol. The molecular weight excluding hydrogens is 452 g/mol. The van der Waals surface area contributed by atoms with Crippen LogP contribution in [0.3, 0.4) is 0 Å². The van der Waals surface area contributed by atoms with E-state index in [1.54, 1.807) is 11.8 Å². The van der Waals surface area contributed by atoms with E-state index in [4.69, 9.17) is 9.47 Å². The number of thioether (sulfide) groups is 1. The number of rotatable bonds is 7. The first kappa shape index (κ1) is 25.0. The number of hydrogen-bond donors (Lipinski definition) is 3. The normalized spacial score (nSPS) is 28.5. The van der Waals surface area contributed by atoms with E-state index < -0.39 is 6.29 Å². The van der Waals surface area contributed by atoms with E-state index in [9.17, 15) is 9.59 Å². The lowest BCUT2D eigenvalue weighted by atomic mass is 9.93. The molecular formula is C25H36N4O4S. The third-order valence-corrected chi connectivity index (χ3v) is 8.19. The number of hydrogen-bond acceptors (Lipinski definition) is 6. The molecule has 0 bridgehead atoms. The van der Waals surface area contributed by atoms with Crippen molar-refractivity contribution in [2.75, 3.05) is 33.1 Å². The van der Waals surface area contributed by atoms with Gasteiger partial charge in [0.05, 0.1) is 36.8 Å². The fraction of sp³-hybridized carbons (Fsp3) is 0.600. The van der Waals surface area contributed by atoms with Gasteiger partial charge in [-0.1, -0.05) is 18.2 Å². The maximum atomic E-state index is 13.4. The van der Waals surface area contributed by atoms with Gasteiger partial charge in [0.2, 0.25) is 5.91 Å². The van der Waals surface area contributed by atoms with Crippen molar-refractivity contribution in [3.05, 3.63) is 35.5 Å². The number of likely N-dealkylation sites (N-methyl/N-ethyl adjacent to an activating group) is 1. The second-order valence-corrected chi connectivity index (χ2v) is 10.4. The van der Waals surface area contributed by atoms with Gasteiger partial charge < -0.3 is 30.0 Å². The van der Waals surface area contributed by atoms with E-state index in [0.29, 0.717) is 25.3 Å². The molecule has 0 aliphatic carbocycles. The molecule has 186 valence electrons. The number of carbonyl (C=O) groups is 2. The van der Waals surface area contributed by atoms with Crippen LogP contribution in [0, 0.1) is 12.8 Å². The number of piperidine rings is 1. The Morgan fingerprint density at radius 2 is 2.00 bits per heavy atom. The van der Waals surface area contributed by atoms with Crippen LogP contribution in [-0.2, 0) is 14.3 Å². The quantitative estimate of drug-likeness (QED) is 0.554. The molecule has 0 spiro atoms. The fourth-order valence-electron chi connectivity index (χ4n) is 5.15. The van der Waals surface area contributed by atoms with Gasteiger partial charge in [-0.2, -0.15) is 11.8 Å². The molecule has 2 amide bonds. The molecule has 2 aromatic rings. The third-order valence-electron chi connectivity index (χ3n) is 7.06. The highest BCUT2D eigenvalue weighted by Gasteiger charge is 2.35. The molecule has 9 heteroatoms. The number of fused-ring (bicyclic) bond motifs is 1. The van der Waals surface area contributed by atoms with Crippen LogP contribution < -0.4 is 16.0 Å². The van der Waals surface area contributed by atoms with Gasteiger partial charge in [-0.05, 0) is 46.6 Å². The molecule has 2 aliphatic heterocycles. The molecule has 4 atom stereocenters. The standard InChI is InChI=1S/C25H36N4O4S/c1-14-10-21(34-5)19(23(30)28-14)11-27-24(31)22-15(2)29(20-9-7-6-8-18(20)22)16(3)25-32-12-17(26-4)13-33-25/h6-9,14,16-17,19,21,25-26H,10-13H2,1-5H3,(H,27,31)(H,28,30)/t14?,16-,17?,19?,21?,25?/m1/s1. The van der Waals surface area contributed by atoms with E-state index in [1.165, 1.54) is 0 Å².